The fourth-order valence-electron chi connectivity index (χ4n) is 3.96. The minimum absolute atomic E-state index is 0.244. The highest BCUT2D eigenvalue weighted by atomic mass is 79.9. The van der Waals surface area contributed by atoms with E-state index >= 15 is 0 Å². The Bertz CT molecular complexity index is 1700. The molecule has 4 aromatic carbocycles. The highest BCUT2D eigenvalue weighted by molar-refractivity contribution is 9.10. The molecule has 0 fully saturated rings. The smallest absolute Gasteiger partial charge is 0.343 e. The Morgan fingerprint density at radius 2 is 1.61 bits per heavy atom. The van der Waals surface area contributed by atoms with Crippen LogP contribution in [0.3, 0.4) is 0 Å². The Morgan fingerprint density at radius 3 is 2.39 bits per heavy atom. The molecule has 5 aromatic rings. The topological polar surface area (TPSA) is 83.5 Å². The molecule has 0 aliphatic carbocycles. The van der Waals surface area contributed by atoms with Gasteiger partial charge in [-0.1, -0.05) is 87.7 Å². The summed E-state index contributed by atoms with van der Waals surface area (Å²) in [7, 11) is 0. The predicted molar refractivity (Wildman–Crippen MR) is 154 cm³/mol. The lowest BCUT2D eigenvalue weighted by molar-refractivity contribution is 0.0734. The third-order valence-corrected chi connectivity index (χ3v) is 6.78. The molecule has 1 aromatic heterocycles. The van der Waals surface area contributed by atoms with E-state index < -0.39 is 11.9 Å². The lowest BCUT2D eigenvalue weighted by atomic mass is 10.0. The average Bonchev–Trinajstić information content (AvgIpc) is 3.30. The van der Waals surface area contributed by atoms with Gasteiger partial charge in [-0.2, -0.15) is 5.10 Å². The van der Waals surface area contributed by atoms with Gasteiger partial charge >= 0.3 is 5.97 Å². The summed E-state index contributed by atoms with van der Waals surface area (Å²) in [4.78, 5) is 28.9. The van der Waals surface area contributed by atoms with Crippen LogP contribution in [0.1, 0.15) is 26.4 Å². The van der Waals surface area contributed by atoms with Crippen molar-refractivity contribution in [3.05, 3.63) is 122 Å². The van der Waals surface area contributed by atoms with Gasteiger partial charge in [0, 0.05) is 31.6 Å². The van der Waals surface area contributed by atoms with Gasteiger partial charge in [0.15, 0.2) is 0 Å². The summed E-state index contributed by atoms with van der Waals surface area (Å²) in [6.07, 6.45) is 1.41. The van der Waals surface area contributed by atoms with E-state index in [2.05, 4.69) is 31.4 Å². The van der Waals surface area contributed by atoms with Crippen molar-refractivity contribution in [3.8, 4) is 16.9 Å². The molecular formula is C29H18BrCl2N3O3. The monoisotopic (exact) mass is 605 g/mol. The number of halogens is 3. The molecule has 0 saturated carbocycles. The third-order valence-electron chi connectivity index (χ3n) is 5.70. The summed E-state index contributed by atoms with van der Waals surface area (Å²) >= 11 is 16.4. The van der Waals surface area contributed by atoms with Crippen LogP contribution in [0.5, 0.6) is 5.75 Å². The third kappa shape index (κ3) is 5.36. The number of para-hydroxylation sites is 1. The summed E-state index contributed by atoms with van der Waals surface area (Å²) in [5.74, 6) is -0.697. The van der Waals surface area contributed by atoms with E-state index in [9.17, 15) is 9.59 Å². The number of aromatic nitrogens is 1. The molecule has 2 N–H and O–H groups in total. The van der Waals surface area contributed by atoms with Gasteiger partial charge in [-0.25, -0.2) is 10.2 Å². The Morgan fingerprint density at radius 1 is 0.895 bits per heavy atom. The van der Waals surface area contributed by atoms with Gasteiger partial charge in [0.2, 0.25) is 0 Å². The maximum Gasteiger partial charge on any atom is 0.343 e. The van der Waals surface area contributed by atoms with Crippen LogP contribution < -0.4 is 10.2 Å². The Labute approximate surface area is 236 Å². The van der Waals surface area contributed by atoms with E-state index in [1.165, 1.54) is 6.21 Å². The molecule has 0 bridgehead atoms. The van der Waals surface area contributed by atoms with E-state index in [1.54, 1.807) is 60.7 Å². The molecule has 0 spiro atoms. The van der Waals surface area contributed by atoms with Crippen molar-refractivity contribution < 1.29 is 14.3 Å². The molecule has 1 amide bonds. The van der Waals surface area contributed by atoms with E-state index in [4.69, 9.17) is 27.9 Å². The minimum atomic E-state index is -0.502. The summed E-state index contributed by atoms with van der Waals surface area (Å²) in [6.45, 7) is 0. The first-order chi connectivity index (χ1) is 18.4. The van der Waals surface area contributed by atoms with Crippen LogP contribution in [0.2, 0.25) is 10.0 Å². The minimum Gasteiger partial charge on any atom is -0.422 e. The van der Waals surface area contributed by atoms with Crippen molar-refractivity contribution in [1.29, 1.82) is 0 Å². The first-order valence-electron chi connectivity index (χ1n) is 11.4. The van der Waals surface area contributed by atoms with Crippen molar-refractivity contribution in [3.63, 3.8) is 0 Å². The second kappa shape index (κ2) is 11.2. The summed E-state index contributed by atoms with van der Waals surface area (Å²) in [5, 5.41) is 5.77. The molecule has 6 nitrogen and oxygen atoms in total. The van der Waals surface area contributed by atoms with Crippen LogP contribution in [0, 0.1) is 0 Å². The zero-order valence-electron chi connectivity index (χ0n) is 19.5. The van der Waals surface area contributed by atoms with Gasteiger partial charge in [-0.15, -0.1) is 0 Å². The number of hydrogen-bond acceptors (Lipinski definition) is 4. The number of benzene rings is 4. The second-order valence-electron chi connectivity index (χ2n) is 8.16. The number of rotatable bonds is 6. The quantitative estimate of drug-likeness (QED) is 0.0892. The lowest BCUT2D eigenvalue weighted by Gasteiger charge is -2.08. The SMILES string of the molecule is O=C(Oc1ccccc1C=NNC(=O)c1[nH]c2c(Cl)cc(Br)cc2c1-c1ccccc1Cl)c1ccccc1. The van der Waals surface area contributed by atoms with E-state index in [1.807, 2.05) is 30.3 Å². The molecule has 188 valence electrons. The van der Waals surface area contributed by atoms with Gasteiger partial charge in [0.25, 0.3) is 5.91 Å². The van der Waals surface area contributed by atoms with Crippen LogP contribution >= 0.6 is 39.1 Å². The number of carbonyl (C=O) groups is 2. The first kappa shape index (κ1) is 25.7. The number of hydrogen-bond donors (Lipinski definition) is 2. The van der Waals surface area contributed by atoms with Crippen molar-refractivity contribution in [2.45, 2.75) is 0 Å². The fraction of sp³-hybridized carbons (Fsp3) is 0. The van der Waals surface area contributed by atoms with Gasteiger partial charge in [0.1, 0.15) is 11.4 Å². The van der Waals surface area contributed by atoms with E-state index in [0.717, 1.165) is 9.86 Å². The maximum atomic E-state index is 13.3. The molecule has 0 radical (unpaired) electrons. The predicted octanol–water partition coefficient (Wildman–Crippen LogP) is 7.89. The van der Waals surface area contributed by atoms with Crippen molar-refractivity contribution in [2.24, 2.45) is 5.10 Å². The summed E-state index contributed by atoms with van der Waals surface area (Å²) < 4.78 is 6.30. The van der Waals surface area contributed by atoms with Crippen molar-refractivity contribution >= 4 is 68.1 Å². The van der Waals surface area contributed by atoms with Gasteiger partial charge in [-0.05, 0) is 42.5 Å². The zero-order chi connectivity index (χ0) is 26.6. The normalized spacial score (nSPS) is 11.1. The fourth-order valence-corrected chi connectivity index (χ4v) is 5.05. The molecule has 1 heterocycles. The number of amides is 1. The standard InChI is InChI=1S/C29H18BrCl2N3O3/c30-19-14-21-25(20-11-5-6-12-22(20)31)27(34-26(21)23(32)15-19)28(36)35-33-16-18-10-4-7-13-24(18)38-29(37)17-8-2-1-3-9-17/h1-16,34H,(H,35,36). The highest BCUT2D eigenvalue weighted by Crippen LogP contribution is 2.40. The van der Waals surface area contributed by atoms with Gasteiger partial charge in [0.05, 0.1) is 22.3 Å². The first-order valence-corrected chi connectivity index (χ1v) is 12.9. The molecule has 9 heteroatoms. The number of esters is 1. The van der Waals surface area contributed by atoms with Crippen molar-refractivity contribution in [2.75, 3.05) is 0 Å². The molecule has 0 unspecified atom stereocenters. The number of carbonyl (C=O) groups excluding carboxylic acids is 2. The summed E-state index contributed by atoms with van der Waals surface area (Å²) in [5.41, 5.74) is 5.58. The van der Waals surface area contributed by atoms with E-state index in [0.29, 0.717) is 43.6 Å². The molecule has 0 aliphatic rings. The number of nitrogens with one attached hydrogen (secondary N) is 2. The largest absolute Gasteiger partial charge is 0.422 e. The molecular weight excluding hydrogens is 589 g/mol. The Kier molecular flexibility index (Phi) is 7.60. The molecule has 38 heavy (non-hydrogen) atoms. The molecule has 0 saturated heterocycles. The number of H-pyrrole nitrogens is 1. The van der Waals surface area contributed by atoms with Gasteiger partial charge < -0.3 is 9.72 Å². The lowest BCUT2D eigenvalue weighted by Crippen LogP contribution is -2.19. The van der Waals surface area contributed by atoms with Crippen molar-refractivity contribution in [1.82, 2.24) is 10.4 Å². The maximum absolute atomic E-state index is 13.3. The van der Waals surface area contributed by atoms with Crippen LogP contribution in [0.25, 0.3) is 22.0 Å². The molecule has 0 atom stereocenters. The van der Waals surface area contributed by atoms with Crippen LogP contribution in [0.15, 0.2) is 101 Å². The number of fused-ring (bicyclic) bond motifs is 1. The summed E-state index contributed by atoms with van der Waals surface area (Å²) in [6, 6.07) is 26.4. The number of ether oxygens (including phenoxy) is 1. The van der Waals surface area contributed by atoms with E-state index in [-0.39, 0.29) is 5.69 Å². The molecule has 5 rings (SSSR count). The van der Waals surface area contributed by atoms with Crippen LogP contribution in [0.4, 0.5) is 0 Å². The number of aromatic amines is 1. The Hall–Kier alpha value is -3.91. The van der Waals surface area contributed by atoms with Crippen LogP contribution in [-0.2, 0) is 0 Å². The second-order valence-corrected chi connectivity index (χ2v) is 9.89. The van der Waals surface area contributed by atoms with Crippen LogP contribution in [-0.4, -0.2) is 23.1 Å². The number of hydrazone groups is 1. The number of nitrogens with zero attached hydrogens (tertiary/aromatic N) is 1. The zero-order valence-corrected chi connectivity index (χ0v) is 22.6. The Balaban J connectivity index is 1.44. The molecule has 0 aliphatic heterocycles. The van der Waals surface area contributed by atoms with Gasteiger partial charge in [-0.3, -0.25) is 4.79 Å². The average molecular weight is 607 g/mol. The highest BCUT2D eigenvalue weighted by Gasteiger charge is 2.22.